The molecular weight excluding hydrogens is 1050 g/mol. The molecule has 0 saturated carbocycles. The van der Waals surface area contributed by atoms with Gasteiger partial charge in [0.05, 0.1) is 12.3 Å². The number of phosphoric acid groups is 1. The van der Waals surface area contributed by atoms with Crippen molar-refractivity contribution >= 4 is 79.6 Å². The SMILES string of the molecule is CCNc1ccc2c(-c3ccccc3C(=O)N(C)CCCC(=O)NCCCCCCNc3nc4c(=O)[nH]c(N)nc4n3[C@@H]3O[C@H](COP(=O)(O)O)[C@@H](O)[C@H]3O)c3ccc(=[NH+]CC)c(S(=O)(=O)O)c-3oc2c1S(=O)(=O)[O-]. The lowest BCUT2D eigenvalue weighted by atomic mass is 9.90. The number of hydrogen-bond acceptors (Lipinski definition) is 19. The molecule has 406 valence electrons. The smallest absolute Gasteiger partial charge is 0.469 e. The standard InChI is InChI=1S/C45H57N10O17PS2/c1-4-47-28-18-16-26-32(27-17-19-29(48-5-2)39(75(67,68)69)37(27)72-36(26)38(28)74(64,65)66)24-13-8-9-14-25(24)42(60)54(3)22-12-15-31(56)49-20-10-6-7-11-21-50-45-51-33-40(52-44(46)53-41(33)59)55(45)43-35(58)34(57)30(71-43)23-70-73(61,62)63/h8-9,13-14,16-19,30,34-35,43,47,57-58H,4-7,10-12,15,20-23H2,1-3H3,(H,49,56)(H,50,51)(H2,61,62,63)(H,64,65,66)(H,67,68,69)(H3,46,52,53,59)/t30-,34-,35-,43-/m1/s1. The number of benzene rings is 3. The number of aliphatic hydroxyl groups excluding tert-OH is 2. The lowest BCUT2D eigenvalue weighted by Gasteiger charge is -2.23. The minimum absolute atomic E-state index is 0.0317. The summed E-state index contributed by atoms with van der Waals surface area (Å²) in [6, 6.07) is 12.1. The second-order valence-corrected chi connectivity index (χ2v) is 21.3. The number of carbonyl (C=O) groups excluding carboxylic acids is 2. The Morgan fingerprint density at radius 2 is 1.68 bits per heavy atom. The largest absolute Gasteiger partial charge is 0.744 e. The minimum Gasteiger partial charge on any atom is -0.744 e. The van der Waals surface area contributed by atoms with Gasteiger partial charge in [0, 0.05) is 67.8 Å². The van der Waals surface area contributed by atoms with Crippen molar-refractivity contribution in [3.63, 3.8) is 0 Å². The van der Waals surface area contributed by atoms with Gasteiger partial charge in [0.25, 0.3) is 11.5 Å². The van der Waals surface area contributed by atoms with Crippen LogP contribution < -0.4 is 37.6 Å². The zero-order valence-electron chi connectivity index (χ0n) is 40.7. The third-order valence-corrected chi connectivity index (χ3v) is 14.5. The maximum Gasteiger partial charge on any atom is 0.469 e. The molecule has 7 rings (SSSR count). The van der Waals surface area contributed by atoms with E-state index in [2.05, 4.69) is 40.4 Å². The Kier molecular flexibility index (Phi) is 17.5. The van der Waals surface area contributed by atoms with E-state index in [1.54, 1.807) is 32.0 Å². The molecule has 4 heterocycles. The number of rotatable bonds is 23. The number of hydrogen-bond donors (Lipinski definition) is 11. The van der Waals surface area contributed by atoms with E-state index >= 15 is 0 Å². The summed E-state index contributed by atoms with van der Waals surface area (Å²) >= 11 is 0. The molecule has 2 aromatic carbocycles. The average Bonchev–Trinajstić information content (AvgIpc) is 3.84. The number of unbranched alkanes of at least 4 members (excludes halogenated alkanes) is 3. The number of nitrogen functional groups attached to an aromatic ring is 1. The molecule has 12 N–H and O–H groups in total. The molecule has 75 heavy (non-hydrogen) atoms. The van der Waals surface area contributed by atoms with Gasteiger partial charge in [0.15, 0.2) is 28.7 Å². The minimum atomic E-state index is -5.30. The van der Waals surface area contributed by atoms with Gasteiger partial charge in [0.2, 0.25) is 28.1 Å². The molecule has 0 unspecified atom stereocenters. The number of aliphatic hydroxyl groups is 2. The average molecular weight is 1110 g/mol. The molecule has 0 spiro atoms. The normalized spacial score (nSPS) is 17.5. The van der Waals surface area contributed by atoms with Gasteiger partial charge in [-0.2, -0.15) is 13.4 Å². The van der Waals surface area contributed by atoms with Crippen LogP contribution in [0.25, 0.3) is 44.6 Å². The molecule has 3 aliphatic rings. The van der Waals surface area contributed by atoms with Crippen LogP contribution in [0.4, 0.5) is 17.6 Å². The molecule has 4 aromatic rings. The molecule has 30 heteroatoms. The fourth-order valence-corrected chi connectivity index (χ4v) is 10.8. The van der Waals surface area contributed by atoms with Crippen molar-refractivity contribution in [3.8, 4) is 22.5 Å². The topological polar surface area (TPSA) is 418 Å². The van der Waals surface area contributed by atoms with Crippen LogP contribution >= 0.6 is 7.82 Å². The van der Waals surface area contributed by atoms with E-state index in [0.29, 0.717) is 38.8 Å². The van der Waals surface area contributed by atoms with Crippen molar-refractivity contribution < 1.29 is 78.8 Å². The number of anilines is 3. The Labute approximate surface area is 428 Å². The highest BCUT2D eigenvalue weighted by Gasteiger charge is 2.46. The quantitative estimate of drug-likeness (QED) is 0.0176. The molecule has 1 saturated heterocycles. The number of aromatic nitrogens is 4. The van der Waals surface area contributed by atoms with E-state index in [1.165, 1.54) is 46.8 Å². The Bertz CT molecular complexity index is 3490. The Morgan fingerprint density at radius 3 is 2.36 bits per heavy atom. The summed E-state index contributed by atoms with van der Waals surface area (Å²) in [6.07, 6.45) is -3.16. The highest BCUT2D eigenvalue weighted by Crippen LogP contribution is 2.46. The van der Waals surface area contributed by atoms with Crippen molar-refractivity contribution in [2.24, 2.45) is 0 Å². The molecule has 0 radical (unpaired) electrons. The molecule has 2 amide bonds. The summed E-state index contributed by atoms with van der Waals surface area (Å²) < 4.78 is 104. The van der Waals surface area contributed by atoms with E-state index in [4.69, 9.17) is 24.7 Å². The van der Waals surface area contributed by atoms with Gasteiger partial charge in [-0.25, -0.2) is 23.0 Å². The van der Waals surface area contributed by atoms with Crippen LogP contribution in [-0.2, 0) is 38.9 Å². The summed E-state index contributed by atoms with van der Waals surface area (Å²) in [4.78, 5) is 71.5. The summed E-state index contributed by atoms with van der Waals surface area (Å²) in [6.45, 7) is 3.82. The summed E-state index contributed by atoms with van der Waals surface area (Å²) in [5.74, 6) is -1.46. The van der Waals surface area contributed by atoms with Crippen LogP contribution in [0.3, 0.4) is 0 Å². The first-order valence-electron chi connectivity index (χ1n) is 23.6. The van der Waals surface area contributed by atoms with Crippen molar-refractivity contribution in [2.45, 2.75) is 86.7 Å². The molecule has 2 aliphatic heterocycles. The summed E-state index contributed by atoms with van der Waals surface area (Å²) in [7, 11) is -13.8. The third kappa shape index (κ3) is 12.7. The van der Waals surface area contributed by atoms with E-state index in [1.807, 2.05) is 0 Å². The number of carbonyl (C=O) groups is 2. The second kappa shape index (κ2) is 23.3. The van der Waals surface area contributed by atoms with Gasteiger partial charge in [-0.3, -0.25) is 33.0 Å². The molecule has 1 fully saturated rings. The van der Waals surface area contributed by atoms with E-state index in [0.717, 1.165) is 0 Å². The second-order valence-electron chi connectivity index (χ2n) is 17.4. The fraction of sp³-hybridized carbons (Fsp3) is 0.422. The lowest BCUT2D eigenvalue weighted by Crippen LogP contribution is -2.76. The van der Waals surface area contributed by atoms with Crippen LogP contribution in [-0.4, -0.2) is 147 Å². The van der Waals surface area contributed by atoms with Crippen LogP contribution in [0, 0.1) is 0 Å². The van der Waals surface area contributed by atoms with Crippen molar-refractivity contribution in [2.75, 3.05) is 62.7 Å². The number of fused-ring (bicyclic) bond motifs is 3. The summed E-state index contributed by atoms with van der Waals surface area (Å²) in [5, 5.41) is 30.2. The molecule has 1 aliphatic carbocycles. The molecule has 0 bridgehead atoms. The zero-order valence-corrected chi connectivity index (χ0v) is 43.2. The predicted molar refractivity (Wildman–Crippen MR) is 267 cm³/mol. The van der Waals surface area contributed by atoms with Crippen LogP contribution in [0.2, 0.25) is 0 Å². The number of imidazole rings is 1. The van der Waals surface area contributed by atoms with Crippen molar-refractivity contribution in [1.29, 1.82) is 0 Å². The Balaban J connectivity index is 0.968. The first-order valence-corrected chi connectivity index (χ1v) is 28.0. The summed E-state index contributed by atoms with van der Waals surface area (Å²) in [5.41, 5.74) is 4.77. The van der Waals surface area contributed by atoms with E-state index in [-0.39, 0.29) is 100 Å². The predicted octanol–water partition coefficient (Wildman–Crippen LogP) is 0.173. The highest BCUT2D eigenvalue weighted by atomic mass is 32.2. The maximum atomic E-state index is 14.3. The third-order valence-electron chi connectivity index (χ3n) is 12.2. The maximum absolute atomic E-state index is 14.3. The number of H-pyrrole nitrogens is 1. The molecule has 4 atom stereocenters. The lowest BCUT2D eigenvalue weighted by molar-refractivity contribution is -0.498. The fourth-order valence-electron chi connectivity index (χ4n) is 8.83. The Hall–Kier alpha value is -6.37. The number of nitrogens with zero attached hydrogens (tertiary/aromatic N) is 4. The van der Waals surface area contributed by atoms with Gasteiger partial charge in [-0.05, 0) is 62.9 Å². The van der Waals surface area contributed by atoms with Gasteiger partial charge < -0.3 is 60.3 Å². The van der Waals surface area contributed by atoms with Crippen molar-refractivity contribution in [3.05, 3.63) is 69.8 Å². The van der Waals surface area contributed by atoms with Crippen LogP contribution in [0.5, 0.6) is 0 Å². The molecule has 27 nitrogen and oxygen atoms in total. The van der Waals surface area contributed by atoms with Gasteiger partial charge in [0.1, 0.15) is 39.9 Å². The van der Waals surface area contributed by atoms with Gasteiger partial charge >= 0.3 is 17.9 Å². The van der Waals surface area contributed by atoms with Crippen LogP contribution in [0.1, 0.15) is 69.0 Å². The van der Waals surface area contributed by atoms with E-state index in [9.17, 15) is 55.1 Å². The van der Waals surface area contributed by atoms with Gasteiger partial charge in [-0.1, -0.05) is 31.0 Å². The van der Waals surface area contributed by atoms with Gasteiger partial charge in [-0.15, -0.1) is 0 Å². The first kappa shape index (κ1) is 56.4. The number of nitrogens with two attached hydrogens (primary N) is 1. The van der Waals surface area contributed by atoms with E-state index < -0.39 is 91.8 Å². The number of amides is 2. The number of phosphoric ester groups is 1. The Morgan fingerprint density at radius 1 is 0.960 bits per heavy atom. The monoisotopic (exact) mass is 1100 g/mol. The molecular formula is C45H57N10O17PS2. The van der Waals surface area contributed by atoms with Crippen molar-refractivity contribution in [1.82, 2.24) is 29.7 Å². The number of nitrogens with one attached hydrogen (secondary N) is 5. The first-order chi connectivity index (χ1) is 35.4. The van der Waals surface area contributed by atoms with Crippen LogP contribution in [0.15, 0.2) is 67.5 Å². The highest BCUT2D eigenvalue weighted by molar-refractivity contribution is 7.86. The molecule has 2 aromatic heterocycles. The zero-order chi connectivity index (χ0) is 54.6. The number of ether oxygens (including phenoxy) is 1. The number of aromatic amines is 1.